The molecule has 0 fully saturated rings. The van der Waals surface area contributed by atoms with Crippen LogP contribution in [0.4, 0.5) is 0 Å². The van der Waals surface area contributed by atoms with Crippen LogP contribution in [0.3, 0.4) is 0 Å². The van der Waals surface area contributed by atoms with E-state index in [0.29, 0.717) is 22.1 Å². The zero-order valence-corrected chi connectivity index (χ0v) is 10.2. The Morgan fingerprint density at radius 2 is 2.06 bits per heavy atom. The summed E-state index contributed by atoms with van der Waals surface area (Å²) in [6, 6.07) is 1.59. The smallest absolute Gasteiger partial charge is 0.180 e. The van der Waals surface area contributed by atoms with E-state index in [1.807, 2.05) is 0 Å². The summed E-state index contributed by atoms with van der Waals surface area (Å²) in [5.41, 5.74) is 6.39. The maximum atomic E-state index is 11.6. The Kier molecular flexibility index (Phi) is 4.15. The highest BCUT2D eigenvalue weighted by Gasteiger charge is 2.19. The highest BCUT2D eigenvalue weighted by Crippen LogP contribution is 2.37. The molecule has 5 heteroatoms. The maximum Gasteiger partial charge on any atom is 0.180 e. The van der Waals surface area contributed by atoms with Gasteiger partial charge in [-0.15, -0.1) is 0 Å². The van der Waals surface area contributed by atoms with E-state index in [4.69, 9.17) is 26.8 Å². The Hall–Kier alpha value is -1.26. The van der Waals surface area contributed by atoms with E-state index in [9.17, 15) is 4.79 Å². The molecule has 0 spiro atoms. The van der Waals surface area contributed by atoms with Crippen LogP contribution in [0.2, 0.25) is 5.02 Å². The Morgan fingerprint density at radius 3 is 2.50 bits per heavy atom. The largest absolute Gasteiger partial charge is 0.496 e. The number of carbonyl (C=O) groups is 1. The van der Waals surface area contributed by atoms with E-state index in [1.165, 1.54) is 14.2 Å². The van der Waals surface area contributed by atoms with Gasteiger partial charge in [-0.2, -0.15) is 0 Å². The van der Waals surface area contributed by atoms with Gasteiger partial charge in [-0.05, 0) is 13.0 Å². The molecule has 1 rings (SSSR count). The monoisotopic (exact) mass is 243 g/mol. The Bertz CT molecular complexity index is 418. The van der Waals surface area contributed by atoms with Crippen molar-refractivity contribution in [3.05, 3.63) is 22.2 Å². The average molecular weight is 244 g/mol. The fourth-order valence-electron chi connectivity index (χ4n) is 1.43. The molecule has 0 saturated heterocycles. The van der Waals surface area contributed by atoms with E-state index in [1.54, 1.807) is 13.0 Å². The molecule has 1 aromatic carbocycles. The minimum atomic E-state index is -0.239. The van der Waals surface area contributed by atoms with Crippen LogP contribution in [-0.2, 0) is 0 Å². The zero-order valence-electron chi connectivity index (χ0n) is 9.46. The maximum absolute atomic E-state index is 11.6. The predicted octanol–water partition coefficient (Wildman–Crippen LogP) is 1.81. The Morgan fingerprint density at radius 1 is 1.44 bits per heavy atom. The minimum absolute atomic E-state index is 0.0983. The van der Waals surface area contributed by atoms with Crippen molar-refractivity contribution in [2.24, 2.45) is 5.73 Å². The van der Waals surface area contributed by atoms with Gasteiger partial charge in [-0.25, -0.2) is 0 Å². The number of hydrogen-bond acceptors (Lipinski definition) is 4. The highest BCUT2D eigenvalue weighted by atomic mass is 35.5. The molecule has 4 nitrogen and oxygen atoms in total. The number of halogens is 1. The first-order valence-corrected chi connectivity index (χ1v) is 5.08. The summed E-state index contributed by atoms with van der Waals surface area (Å²) in [6.07, 6.45) is 0. The second-order valence-corrected chi connectivity index (χ2v) is 3.60. The van der Waals surface area contributed by atoms with Crippen molar-refractivity contribution < 1.29 is 14.3 Å². The molecule has 0 bridgehead atoms. The van der Waals surface area contributed by atoms with Gasteiger partial charge in [0.25, 0.3) is 0 Å². The third kappa shape index (κ3) is 2.13. The summed E-state index contributed by atoms with van der Waals surface area (Å²) >= 11 is 6.09. The van der Waals surface area contributed by atoms with Gasteiger partial charge in [0.1, 0.15) is 11.5 Å². The summed E-state index contributed by atoms with van der Waals surface area (Å²) in [5.74, 6) is 0.648. The van der Waals surface area contributed by atoms with Crippen LogP contribution in [0.15, 0.2) is 6.07 Å². The number of ketones is 1. The molecule has 0 amide bonds. The number of nitrogens with two attached hydrogens (primary N) is 1. The lowest BCUT2D eigenvalue weighted by molar-refractivity contribution is 0.0998. The molecule has 0 aliphatic heterocycles. The molecule has 0 unspecified atom stereocenters. The van der Waals surface area contributed by atoms with Gasteiger partial charge in [0, 0.05) is 5.56 Å². The van der Waals surface area contributed by atoms with Crippen molar-refractivity contribution >= 4 is 17.4 Å². The first kappa shape index (κ1) is 12.8. The first-order valence-electron chi connectivity index (χ1n) is 4.71. The number of Topliss-reactive ketones (excluding diaryl/α,β-unsaturated/α-hetero) is 1. The third-order valence-corrected chi connectivity index (χ3v) is 2.78. The van der Waals surface area contributed by atoms with Gasteiger partial charge >= 0.3 is 0 Å². The molecule has 0 aliphatic carbocycles. The molecule has 1 aromatic rings. The molecule has 16 heavy (non-hydrogen) atoms. The Labute approximate surface area is 99.3 Å². The van der Waals surface area contributed by atoms with E-state index in [-0.39, 0.29) is 12.3 Å². The van der Waals surface area contributed by atoms with Crippen molar-refractivity contribution in [1.82, 2.24) is 0 Å². The molecule has 0 atom stereocenters. The molecule has 2 N–H and O–H groups in total. The van der Waals surface area contributed by atoms with Crippen LogP contribution >= 0.6 is 11.6 Å². The van der Waals surface area contributed by atoms with Crippen LogP contribution in [0, 0.1) is 6.92 Å². The Balaban J connectivity index is 3.47. The van der Waals surface area contributed by atoms with E-state index < -0.39 is 0 Å². The number of ether oxygens (including phenoxy) is 2. The van der Waals surface area contributed by atoms with Crippen LogP contribution in [0.1, 0.15) is 15.9 Å². The molecule has 0 heterocycles. The standard InChI is InChI=1S/C11H14ClNO3/c1-6-9(15-2)4-7(8(14)5-13)11(16-3)10(6)12/h4H,5,13H2,1-3H3. The third-order valence-electron chi connectivity index (χ3n) is 2.33. The number of carbonyl (C=O) groups excluding carboxylic acids is 1. The van der Waals surface area contributed by atoms with Crippen molar-refractivity contribution in [3.63, 3.8) is 0 Å². The first-order chi connectivity index (χ1) is 7.56. The fourth-order valence-corrected chi connectivity index (χ4v) is 1.70. The highest BCUT2D eigenvalue weighted by molar-refractivity contribution is 6.33. The lowest BCUT2D eigenvalue weighted by Gasteiger charge is -2.14. The van der Waals surface area contributed by atoms with Crippen LogP contribution < -0.4 is 15.2 Å². The summed E-state index contributed by atoms with van der Waals surface area (Å²) in [7, 11) is 2.97. The molecular formula is C11H14ClNO3. The molecule has 88 valence electrons. The van der Waals surface area contributed by atoms with Gasteiger partial charge in [0.05, 0.1) is 31.4 Å². The molecule has 0 aromatic heterocycles. The molecule has 0 saturated carbocycles. The quantitative estimate of drug-likeness (QED) is 0.820. The average Bonchev–Trinajstić information content (AvgIpc) is 2.31. The van der Waals surface area contributed by atoms with E-state index in [2.05, 4.69) is 0 Å². The zero-order chi connectivity index (χ0) is 12.3. The van der Waals surface area contributed by atoms with Gasteiger partial charge in [-0.1, -0.05) is 11.6 Å². The van der Waals surface area contributed by atoms with Crippen molar-refractivity contribution in [1.29, 1.82) is 0 Å². The van der Waals surface area contributed by atoms with Gasteiger partial charge in [0.15, 0.2) is 5.78 Å². The molecule has 0 radical (unpaired) electrons. The molecule has 0 aliphatic rings. The summed E-state index contributed by atoms with van der Waals surface area (Å²) in [5, 5.41) is 0.374. The number of methoxy groups -OCH3 is 2. The van der Waals surface area contributed by atoms with Gasteiger partial charge in [0.2, 0.25) is 0 Å². The summed E-state index contributed by atoms with van der Waals surface area (Å²) in [6.45, 7) is 1.69. The van der Waals surface area contributed by atoms with Crippen molar-refractivity contribution in [2.45, 2.75) is 6.92 Å². The normalized spacial score (nSPS) is 10.1. The van der Waals surface area contributed by atoms with E-state index in [0.717, 1.165) is 5.56 Å². The number of benzene rings is 1. The summed E-state index contributed by atoms with van der Waals surface area (Å²) < 4.78 is 10.2. The summed E-state index contributed by atoms with van der Waals surface area (Å²) in [4.78, 5) is 11.6. The topological polar surface area (TPSA) is 61.5 Å². The second-order valence-electron chi connectivity index (χ2n) is 3.23. The van der Waals surface area contributed by atoms with Gasteiger partial charge in [-0.3, -0.25) is 4.79 Å². The predicted molar refractivity (Wildman–Crippen MR) is 62.7 cm³/mol. The fraction of sp³-hybridized carbons (Fsp3) is 0.364. The SMILES string of the molecule is COc1cc(C(=O)CN)c(OC)c(Cl)c1C. The lowest BCUT2D eigenvalue weighted by atomic mass is 10.1. The lowest BCUT2D eigenvalue weighted by Crippen LogP contribution is -2.15. The van der Waals surface area contributed by atoms with Crippen LogP contribution in [-0.4, -0.2) is 26.5 Å². The van der Waals surface area contributed by atoms with Gasteiger partial charge < -0.3 is 15.2 Å². The number of rotatable bonds is 4. The van der Waals surface area contributed by atoms with E-state index >= 15 is 0 Å². The van der Waals surface area contributed by atoms with Crippen LogP contribution in [0.5, 0.6) is 11.5 Å². The van der Waals surface area contributed by atoms with Crippen molar-refractivity contribution in [3.8, 4) is 11.5 Å². The molecular weight excluding hydrogens is 230 g/mol. The van der Waals surface area contributed by atoms with Crippen molar-refractivity contribution in [2.75, 3.05) is 20.8 Å². The minimum Gasteiger partial charge on any atom is -0.496 e. The second kappa shape index (κ2) is 5.18. The van der Waals surface area contributed by atoms with Crippen LogP contribution in [0.25, 0.3) is 0 Å². The number of hydrogen-bond donors (Lipinski definition) is 1.